The Hall–Kier alpha value is -1.42. The first-order valence-corrected chi connectivity index (χ1v) is 8.80. The van der Waals surface area contributed by atoms with Crippen molar-refractivity contribution in [1.29, 1.82) is 0 Å². The lowest BCUT2D eigenvalue weighted by atomic mass is 10.1. The smallest absolute Gasteiger partial charge is 0.284 e. The van der Waals surface area contributed by atoms with Crippen LogP contribution in [-0.4, -0.2) is 11.0 Å². The Kier molecular flexibility index (Phi) is 14.4. The molecular formula is C20H35F2NO. The highest BCUT2D eigenvalue weighted by molar-refractivity contribution is 5.25. The molecule has 0 bridgehead atoms. The highest BCUT2D eigenvalue weighted by atomic mass is 19.3. The van der Waals surface area contributed by atoms with Gasteiger partial charge in [-0.25, -0.2) is 8.78 Å². The number of hydrogen-bond donors (Lipinski definition) is 2. The van der Waals surface area contributed by atoms with Gasteiger partial charge in [0.2, 0.25) is 0 Å². The molecule has 0 heterocycles. The fourth-order valence-electron chi connectivity index (χ4n) is 1.69. The quantitative estimate of drug-likeness (QED) is 0.642. The van der Waals surface area contributed by atoms with E-state index in [1.165, 1.54) is 18.9 Å². The van der Waals surface area contributed by atoms with E-state index in [1.54, 1.807) is 19.1 Å². The molecule has 24 heavy (non-hydrogen) atoms. The van der Waals surface area contributed by atoms with Gasteiger partial charge >= 0.3 is 0 Å². The van der Waals surface area contributed by atoms with E-state index in [1.807, 2.05) is 32.9 Å². The lowest BCUT2D eigenvalue weighted by Gasteiger charge is -2.22. The summed E-state index contributed by atoms with van der Waals surface area (Å²) in [6.45, 7) is 12.6. The van der Waals surface area contributed by atoms with Crippen LogP contribution in [0.25, 0.3) is 0 Å². The fraction of sp³-hybridized carbons (Fsp3) is 0.600. The molecule has 1 unspecified atom stereocenters. The zero-order chi connectivity index (χ0) is 19.2. The standard InChI is InChI=1S/C14H19F2NO.C4H10.C2H6/c1-4-13(14(3,15)16)17-10(2)12-7-5-11(9-18)6-8-12;1-3-4-2;1-2/h4-8,10,17-18H,9H2,1-3H3;3-4H2,1-2H3;1-2H3/b13-4-;;. The summed E-state index contributed by atoms with van der Waals surface area (Å²) in [5, 5.41) is 11.7. The molecule has 1 aromatic rings. The van der Waals surface area contributed by atoms with E-state index in [2.05, 4.69) is 19.2 Å². The van der Waals surface area contributed by atoms with Crippen molar-refractivity contribution in [1.82, 2.24) is 5.32 Å². The monoisotopic (exact) mass is 343 g/mol. The van der Waals surface area contributed by atoms with E-state index >= 15 is 0 Å². The van der Waals surface area contributed by atoms with Crippen LogP contribution in [0.1, 0.15) is 78.5 Å². The zero-order valence-corrected chi connectivity index (χ0v) is 16.3. The Labute approximate surface area is 147 Å². The molecule has 0 aromatic heterocycles. The Morgan fingerprint density at radius 3 is 1.92 bits per heavy atom. The number of nitrogens with one attached hydrogen (secondary N) is 1. The molecular weight excluding hydrogens is 308 g/mol. The van der Waals surface area contributed by atoms with E-state index in [-0.39, 0.29) is 18.3 Å². The molecule has 0 saturated carbocycles. The molecule has 1 aromatic carbocycles. The van der Waals surface area contributed by atoms with Gasteiger partial charge in [-0.1, -0.05) is 70.9 Å². The maximum absolute atomic E-state index is 13.2. The van der Waals surface area contributed by atoms with Crippen LogP contribution in [0.2, 0.25) is 0 Å². The fourth-order valence-corrected chi connectivity index (χ4v) is 1.69. The van der Waals surface area contributed by atoms with Crippen molar-refractivity contribution in [3.05, 3.63) is 47.2 Å². The molecule has 0 radical (unpaired) electrons. The third-order valence-corrected chi connectivity index (χ3v) is 3.30. The van der Waals surface area contributed by atoms with Gasteiger partial charge in [0, 0.05) is 13.0 Å². The maximum atomic E-state index is 13.2. The highest BCUT2D eigenvalue weighted by Gasteiger charge is 2.27. The Morgan fingerprint density at radius 1 is 1.17 bits per heavy atom. The van der Waals surface area contributed by atoms with E-state index in [4.69, 9.17) is 5.11 Å². The van der Waals surface area contributed by atoms with Crippen molar-refractivity contribution in [2.45, 2.75) is 79.9 Å². The Morgan fingerprint density at radius 2 is 1.62 bits per heavy atom. The van der Waals surface area contributed by atoms with Gasteiger partial charge in [0.05, 0.1) is 12.3 Å². The Balaban J connectivity index is 0. The second-order valence-electron chi connectivity index (χ2n) is 5.36. The van der Waals surface area contributed by atoms with Crippen molar-refractivity contribution in [2.24, 2.45) is 0 Å². The molecule has 0 aliphatic rings. The molecule has 1 atom stereocenters. The minimum atomic E-state index is -2.87. The summed E-state index contributed by atoms with van der Waals surface area (Å²) in [5.74, 6) is -2.87. The predicted octanol–water partition coefficient (Wildman–Crippen LogP) is 6.22. The van der Waals surface area contributed by atoms with Crippen LogP contribution in [0.3, 0.4) is 0 Å². The van der Waals surface area contributed by atoms with Gasteiger partial charge in [-0.3, -0.25) is 0 Å². The normalized spacial score (nSPS) is 12.3. The van der Waals surface area contributed by atoms with E-state index in [9.17, 15) is 8.78 Å². The average Bonchev–Trinajstić information content (AvgIpc) is 2.60. The summed E-state index contributed by atoms with van der Waals surface area (Å²) in [4.78, 5) is 0. The number of alkyl halides is 2. The van der Waals surface area contributed by atoms with Gasteiger partial charge in [0.25, 0.3) is 5.92 Å². The number of halogens is 2. The largest absolute Gasteiger partial charge is 0.392 e. The molecule has 0 fully saturated rings. The summed E-state index contributed by atoms with van der Waals surface area (Å²) in [6, 6.07) is 7.00. The van der Waals surface area contributed by atoms with Crippen LogP contribution in [-0.2, 0) is 6.61 Å². The number of aliphatic hydroxyl groups excluding tert-OH is 1. The van der Waals surface area contributed by atoms with Crippen LogP contribution >= 0.6 is 0 Å². The number of rotatable bonds is 6. The molecule has 2 nitrogen and oxygen atoms in total. The lowest BCUT2D eigenvalue weighted by molar-refractivity contribution is 0.0537. The summed E-state index contributed by atoms with van der Waals surface area (Å²) < 4.78 is 26.4. The topological polar surface area (TPSA) is 32.3 Å². The van der Waals surface area contributed by atoms with Gasteiger partial charge in [-0.2, -0.15) is 0 Å². The van der Waals surface area contributed by atoms with Crippen LogP contribution in [0.15, 0.2) is 36.0 Å². The third kappa shape index (κ3) is 10.4. The average molecular weight is 344 g/mol. The molecule has 0 spiro atoms. The number of benzene rings is 1. The first-order valence-electron chi connectivity index (χ1n) is 8.80. The van der Waals surface area contributed by atoms with Gasteiger partial charge in [-0.05, 0) is 25.0 Å². The lowest BCUT2D eigenvalue weighted by Crippen LogP contribution is -2.29. The van der Waals surface area contributed by atoms with E-state index < -0.39 is 5.92 Å². The number of hydrogen-bond acceptors (Lipinski definition) is 2. The van der Waals surface area contributed by atoms with Crippen LogP contribution in [0.4, 0.5) is 8.78 Å². The molecule has 0 saturated heterocycles. The second-order valence-corrected chi connectivity index (χ2v) is 5.36. The predicted molar refractivity (Wildman–Crippen MR) is 100 cm³/mol. The summed E-state index contributed by atoms with van der Waals surface area (Å²) in [5.41, 5.74) is 1.62. The third-order valence-electron chi connectivity index (χ3n) is 3.30. The van der Waals surface area contributed by atoms with Crippen molar-refractivity contribution in [2.75, 3.05) is 0 Å². The van der Waals surface area contributed by atoms with Gasteiger partial charge in [0.15, 0.2) is 0 Å². The molecule has 0 aliphatic carbocycles. The summed E-state index contributed by atoms with van der Waals surface area (Å²) in [6.07, 6.45) is 4.03. The zero-order valence-electron chi connectivity index (χ0n) is 16.3. The van der Waals surface area contributed by atoms with Crippen LogP contribution in [0, 0.1) is 0 Å². The minimum Gasteiger partial charge on any atom is -0.392 e. The van der Waals surface area contributed by atoms with Crippen molar-refractivity contribution in [3.8, 4) is 0 Å². The van der Waals surface area contributed by atoms with Crippen LogP contribution in [0.5, 0.6) is 0 Å². The first-order chi connectivity index (χ1) is 11.3. The number of aliphatic hydroxyl groups is 1. The van der Waals surface area contributed by atoms with Crippen molar-refractivity contribution < 1.29 is 13.9 Å². The molecule has 0 aliphatic heterocycles. The second kappa shape index (κ2) is 14.0. The SMILES string of the molecule is C/C=C(\NC(C)c1ccc(CO)cc1)C(C)(F)F.CC.CCCC. The number of unbranched alkanes of at least 4 members (excludes halogenated alkanes) is 1. The van der Waals surface area contributed by atoms with Crippen molar-refractivity contribution in [3.63, 3.8) is 0 Å². The molecule has 0 amide bonds. The minimum absolute atomic E-state index is 0.0186. The molecule has 4 heteroatoms. The summed E-state index contributed by atoms with van der Waals surface area (Å²) in [7, 11) is 0. The van der Waals surface area contributed by atoms with Gasteiger partial charge in [-0.15, -0.1) is 0 Å². The number of allylic oxidation sites excluding steroid dienone is 2. The van der Waals surface area contributed by atoms with Crippen molar-refractivity contribution >= 4 is 0 Å². The molecule has 1 rings (SSSR count). The van der Waals surface area contributed by atoms with Crippen LogP contribution < -0.4 is 5.32 Å². The molecule has 2 N–H and O–H groups in total. The Bertz CT molecular complexity index is 434. The van der Waals surface area contributed by atoms with Gasteiger partial charge < -0.3 is 10.4 Å². The van der Waals surface area contributed by atoms with Gasteiger partial charge in [0.1, 0.15) is 0 Å². The van der Waals surface area contributed by atoms with E-state index in [0.717, 1.165) is 18.1 Å². The highest BCUT2D eigenvalue weighted by Crippen LogP contribution is 2.24. The van der Waals surface area contributed by atoms with E-state index in [0.29, 0.717) is 0 Å². The maximum Gasteiger partial charge on any atom is 0.284 e. The summed E-state index contributed by atoms with van der Waals surface area (Å²) >= 11 is 0. The molecule has 140 valence electrons. The first kappa shape index (κ1) is 24.8.